The molecular weight excluding hydrogens is 160 g/mol. The molecule has 0 fully saturated rings. The van der Waals surface area contributed by atoms with Gasteiger partial charge in [0.1, 0.15) is 0 Å². The Labute approximate surface area is 43.1 Å². The molecule has 0 atom stereocenters. The van der Waals surface area contributed by atoms with Gasteiger partial charge in [-0.25, -0.2) is 4.57 Å². The molecule has 0 spiro atoms. The van der Waals surface area contributed by atoms with Crippen molar-refractivity contribution in [2.24, 2.45) is 0 Å². The molecule has 0 aliphatic rings. The van der Waals surface area contributed by atoms with Gasteiger partial charge in [0, 0.05) is 17.1 Å². The smallest absolute Gasteiger partial charge is 0.215 e. The van der Waals surface area contributed by atoms with Gasteiger partial charge in [0.25, 0.3) is 0 Å². The molecule has 6 heteroatoms. The maximum Gasteiger partial charge on any atom is 0.591 e. The predicted molar refractivity (Wildman–Crippen MR) is 10.9 cm³/mol. The Morgan fingerprint density at radius 1 is 1.17 bits per heavy atom. The van der Waals surface area contributed by atoms with Crippen molar-refractivity contribution >= 4 is 8.07 Å². The van der Waals surface area contributed by atoms with Crippen LogP contribution in [0.3, 0.4) is 0 Å². The quantitative estimate of drug-likeness (QED) is 0.391. The third kappa shape index (κ3) is 195. The maximum absolute atomic E-state index is 9.91. The monoisotopic (exact) mass is 160 g/mol. The van der Waals surface area contributed by atoms with Crippen LogP contribution in [0, 0.1) is 0 Å². The summed E-state index contributed by atoms with van der Waals surface area (Å²) in [6, 6.07) is 0. The minimum absolute atomic E-state index is 0. The van der Waals surface area contributed by atoms with Gasteiger partial charge in [-0.1, -0.05) is 0 Å². The minimum Gasteiger partial charge on any atom is -0.215 e. The second kappa shape index (κ2) is 2.67. The van der Waals surface area contributed by atoms with Crippen molar-refractivity contribution in [2.75, 3.05) is 0 Å². The van der Waals surface area contributed by atoms with Crippen LogP contribution < -0.4 is 0 Å². The van der Waals surface area contributed by atoms with Crippen molar-refractivity contribution in [3.63, 3.8) is 0 Å². The van der Waals surface area contributed by atoms with E-state index in [-0.39, 0.29) is 17.1 Å². The summed E-state index contributed by atoms with van der Waals surface area (Å²) in [6.07, 6.45) is 0. The Hall–Kier alpha value is 0.539. The molecule has 0 amide bonds. The van der Waals surface area contributed by atoms with Crippen LogP contribution in [0.15, 0.2) is 0 Å². The molecule has 0 aromatic heterocycles. The molecule has 0 rings (SSSR count). The van der Waals surface area contributed by atoms with Gasteiger partial charge in [0.05, 0.1) is 0 Å². The summed E-state index contributed by atoms with van der Waals surface area (Å²) < 4.78 is 37.9. The summed E-state index contributed by atoms with van der Waals surface area (Å²) in [4.78, 5) is 0. The molecule has 6 heavy (non-hydrogen) atoms. The van der Waals surface area contributed by atoms with Gasteiger partial charge >= 0.3 is 8.07 Å². The summed E-state index contributed by atoms with van der Waals surface area (Å²) in [6.45, 7) is 0. The Balaban J connectivity index is 0. The Bertz CT molecular complexity index is 56.9. The first-order valence-electron chi connectivity index (χ1n) is 0.690. The van der Waals surface area contributed by atoms with E-state index in [1.165, 1.54) is 0 Å². The van der Waals surface area contributed by atoms with Crippen LogP contribution in [0.1, 0.15) is 0 Å². The van der Waals surface area contributed by atoms with E-state index in [0.29, 0.717) is 0 Å². The van der Waals surface area contributed by atoms with E-state index < -0.39 is 8.07 Å². The first kappa shape index (κ1) is 9.74. The van der Waals surface area contributed by atoms with Crippen molar-refractivity contribution < 1.29 is 34.2 Å². The number of rotatable bonds is 0. The average Bonchev–Trinajstić information content (AvgIpc) is 0.722. The van der Waals surface area contributed by atoms with Crippen molar-refractivity contribution in [3.05, 3.63) is 0 Å². The van der Waals surface area contributed by atoms with Crippen molar-refractivity contribution in [3.8, 4) is 0 Å². The van der Waals surface area contributed by atoms with Gasteiger partial charge in [-0.15, -0.1) is 12.6 Å². The van der Waals surface area contributed by atoms with Crippen LogP contribution >= 0.6 is 8.07 Å². The Kier molecular flexibility index (Phi) is 4.33. The molecule has 0 N–H and O–H groups in total. The summed E-state index contributed by atoms with van der Waals surface area (Å²) in [7, 11) is -6.14. The summed E-state index contributed by atoms with van der Waals surface area (Å²) in [5, 5.41) is 0. The molecule has 0 unspecified atom stereocenters. The van der Waals surface area contributed by atoms with Crippen LogP contribution in [-0.2, 0) is 21.6 Å². The number of halogens is 3. The van der Waals surface area contributed by atoms with Crippen LogP contribution in [0.25, 0.3) is 0 Å². The summed E-state index contributed by atoms with van der Waals surface area (Å²) in [5.74, 6) is 0. The molecule has 0 aromatic carbocycles. The molecule has 0 aliphatic heterocycles. The molecule has 0 saturated heterocycles. The van der Waals surface area contributed by atoms with Crippen LogP contribution in [0.2, 0.25) is 0 Å². The molecule has 0 aliphatic carbocycles. The first-order valence-corrected chi connectivity index (χ1v) is 2.07. The van der Waals surface area contributed by atoms with Crippen molar-refractivity contribution in [1.29, 1.82) is 0 Å². The molecule has 0 radical (unpaired) electrons. The Morgan fingerprint density at radius 2 is 1.17 bits per heavy atom. The molecule has 1 nitrogen and oxygen atoms in total. The van der Waals surface area contributed by atoms with Crippen molar-refractivity contribution in [2.45, 2.75) is 0 Å². The Morgan fingerprint density at radius 3 is 1.17 bits per heavy atom. The van der Waals surface area contributed by atoms with E-state index >= 15 is 0 Å². The van der Waals surface area contributed by atoms with E-state index in [1.54, 1.807) is 0 Å². The summed E-state index contributed by atoms with van der Waals surface area (Å²) in [5.41, 5.74) is 0. The van der Waals surface area contributed by atoms with Crippen LogP contribution in [0.5, 0.6) is 0 Å². The molecule has 0 aromatic rings. The first-order chi connectivity index (χ1) is 2.00. The molecule has 0 heterocycles. The molecule has 40 valence electrons. The third-order valence-corrected chi connectivity index (χ3v) is 0. The fourth-order valence-electron chi connectivity index (χ4n) is 0. The standard InChI is InChI=1S/F3OP.Fe/c1-5(2,3)4;. The third-order valence-electron chi connectivity index (χ3n) is 0. The van der Waals surface area contributed by atoms with Gasteiger partial charge in [-0.2, -0.15) is 0 Å². The van der Waals surface area contributed by atoms with Gasteiger partial charge in [-0.3, -0.25) is 0 Å². The van der Waals surface area contributed by atoms with E-state index in [2.05, 4.69) is 0 Å². The predicted octanol–water partition coefficient (Wildman–Crippen LogP) is 2.00. The van der Waals surface area contributed by atoms with Crippen LogP contribution in [0.4, 0.5) is 12.6 Å². The van der Waals surface area contributed by atoms with Gasteiger partial charge in [0.2, 0.25) is 0 Å². The molecule has 0 bridgehead atoms. The van der Waals surface area contributed by atoms with Crippen molar-refractivity contribution in [1.82, 2.24) is 0 Å². The zero-order chi connectivity index (χ0) is 4.50. The van der Waals surface area contributed by atoms with Gasteiger partial charge in [0.15, 0.2) is 0 Å². The average molecular weight is 160 g/mol. The van der Waals surface area contributed by atoms with Gasteiger partial charge < -0.3 is 0 Å². The SMILES string of the molecule is O=P(F)(F)F.[Fe]. The topological polar surface area (TPSA) is 17.1 Å². The largest absolute Gasteiger partial charge is 0.591 e. The second-order valence-electron chi connectivity index (χ2n) is 0.399. The zero-order valence-electron chi connectivity index (χ0n) is 2.34. The second-order valence-corrected chi connectivity index (χ2v) is 1.20. The van der Waals surface area contributed by atoms with Gasteiger partial charge in [-0.05, 0) is 0 Å². The molecule has 0 saturated carbocycles. The molecular formula is F3FeOP. The normalized spacial score (nSPS) is 9.83. The number of hydrogen-bond donors (Lipinski definition) is 0. The van der Waals surface area contributed by atoms with Crippen LogP contribution in [-0.4, -0.2) is 0 Å². The summed E-state index contributed by atoms with van der Waals surface area (Å²) >= 11 is 0. The zero-order valence-corrected chi connectivity index (χ0v) is 4.34. The van der Waals surface area contributed by atoms with E-state index in [9.17, 15) is 12.6 Å². The minimum atomic E-state index is -6.14. The fraction of sp³-hybridized carbons (Fsp3) is 0. The fourth-order valence-corrected chi connectivity index (χ4v) is 0. The van der Waals surface area contributed by atoms with E-state index in [0.717, 1.165) is 0 Å². The number of hydrogen-bond acceptors (Lipinski definition) is 1. The maximum atomic E-state index is 9.91. The van der Waals surface area contributed by atoms with E-state index in [1.807, 2.05) is 0 Å². The van der Waals surface area contributed by atoms with E-state index in [4.69, 9.17) is 4.57 Å².